The van der Waals surface area contributed by atoms with Crippen LogP contribution in [0.4, 0.5) is 10.8 Å². The molecule has 1 amide bonds. The monoisotopic (exact) mass is 374 g/mol. The SMILES string of the molecule is CC1(N)CCCCC1C(=O)Nc1ccc2nc(N3CCOCC3)sc2c1. The zero-order chi connectivity index (χ0) is 18.1. The molecule has 2 atom stereocenters. The van der Waals surface area contributed by atoms with Gasteiger partial charge in [0.15, 0.2) is 5.13 Å². The number of carbonyl (C=O) groups excluding carboxylic acids is 1. The lowest BCUT2D eigenvalue weighted by Crippen LogP contribution is -2.51. The van der Waals surface area contributed by atoms with E-state index in [1.165, 1.54) is 0 Å². The van der Waals surface area contributed by atoms with Crippen molar-refractivity contribution in [2.24, 2.45) is 11.7 Å². The van der Waals surface area contributed by atoms with Gasteiger partial charge in [-0.05, 0) is 38.0 Å². The predicted molar refractivity (Wildman–Crippen MR) is 106 cm³/mol. The first kappa shape index (κ1) is 17.7. The number of carbonyl (C=O) groups is 1. The van der Waals surface area contributed by atoms with Gasteiger partial charge in [-0.3, -0.25) is 4.79 Å². The van der Waals surface area contributed by atoms with Crippen molar-refractivity contribution in [3.8, 4) is 0 Å². The first-order valence-electron chi connectivity index (χ1n) is 9.36. The summed E-state index contributed by atoms with van der Waals surface area (Å²) in [5.41, 5.74) is 7.74. The zero-order valence-corrected chi connectivity index (χ0v) is 16.0. The Kier molecular flexibility index (Phi) is 4.86. The van der Waals surface area contributed by atoms with E-state index in [0.717, 1.165) is 73.0 Å². The molecule has 4 rings (SSSR count). The van der Waals surface area contributed by atoms with Gasteiger partial charge < -0.3 is 20.7 Å². The van der Waals surface area contributed by atoms with Crippen LogP contribution in [0, 0.1) is 5.92 Å². The number of nitrogens with two attached hydrogens (primary N) is 1. The molecule has 1 aliphatic carbocycles. The van der Waals surface area contributed by atoms with Gasteiger partial charge in [-0.25, -0.2) is 4.98 Å². The van der Waals surface area contributed by atoms with E-state index < -0.39 is 5.54 Å². The highest BCUT2D eigenvalue weighted by atomic mass is 32.1. The standard InChI is InChI=1S/C19H26N4O2S/c1-19(20)7-3-2-4-14(19)17(24)21-13-5-6-15-16(12-13)26-18(22-15)23-8-10-25-11-9-23/h5-6,12,14H,2-4,7-11,20H2,1H3,(H,21,24). The van der Waals surface area contributed by atoms with Gasteiger partial charge in [0, 0.05) is 24.3 Å². The van der Waals surface area contributed by atoms with Gasteiger partial charge in [0.05, 0.1) is 29.3 Å². The molecule has 0 radical (unpaired) electrons. The number of amides is 1. The molecule has 2 unspecified atom stereocenters. The van der Waals surface area contributed by atoms with E-state index in [9.17, 15) is 4.79 Å². The van der Waals surface area contributed by atoms with Gasteiger partial charge in [-0.15, -0.1) is 0 Å². The van der Waals surface area contributed by atoms with Gasteiger partial charge in [0.1, 0.15) is 0 Å². The van der Waals surface area contributed by atoms with Crippen LogP contribution in [0.25, 0.3) is 10.2 Å². The number of nitrogens with zero attached hydrogens (tertiary/aromatic N) is 2. The Morgan fingerprint density at radius 3 is 2.96 bits per heavy atom. The van der Waals surface area contributed by atoms with E-state index in [1.54, 1.807) is 11.3 Å². The van der Waals surface area contributed by atoms with E-state index in [-0.39, 0.29) is 11.8 Å². The second-order valence-electron chi connectivity index (χ2n) is 7.57. The molecule has 1 aromatic heterocycles. The van der Waals surface area contributed by atoms with Crippen molar-refractivity contribution in [2.75, 3.05) is 36.5 Å². The number of ether oxygens (including phenoxy) is 1. The van der Waals surface area contributed by atoms with Crippen molar-refractivity contribution in [2.45, 2.75) is 38.1 Å². The molecule has 1 aromatic carbocycles. The number of rotatable bonds is 3. The van der Waals surface area contributed by atoms with Crippen molar-refractivity contribution < 1.29 is 9.53 Å². The van der Waals surface area contributed by atoms with Crippen LogP contribution in [0.2, 0.25) is 0 Å². The van der Waals surface area contributed by atoms with Gasteiger partial charge in [-0.1, -0.05) is 24.2 Å². The first-order valence-corrected chi connectivity index (χ1v) is 10.2. The Labute approximate surface area is 157 Å². The summed E-state index contributed by atoms with van der Waals surface area (Å²) in [6.07, 6.45) is 3.94. The van der Waals surface area contributed by atoms with Crippen LogP contribution in [0.1, 0.15) is 32.6 Å². The van der Waals surface area contributed by atoms with E-state index >= 15 is 0 Å². The van der Waals surface area contributed by atoms with Crippen LogP contribution in [0.3, 0.4) is 0 Å². The molecule has 2 fully saturated rings. The van der Waals surface area contributed by atoms with E-state index in [2.05, 4.69) is 10.2 Å². The quantitative estimate of drug-likeness (QED) is 0.863. The highest BCUT2D eigenvalue weighted by Crippen LogP contribution is 2.34. The molecule has 0 bridgehead atoms. The molecule has 3 N–H and O–H groups in total. The number of fused-ring (bicyclic) bond motifs is 1. The molecule has 2 aliphatic rings. The molecule has 6 nitrogen and oxygen atoms in total. The number of thiazole rings is 1. The number of morpholine rings is 1. The fraction of sp³-hybridized carbons (Fsp3) is 0.579. The summed E-state index contributed by atoms with van der Waals surface area (Å²) in [6.45, 7) is 5.24. The van der Waals surface area contributed by atoms with Crippen LogP contribution in [-0.4, -0.2) is 42.7 Å². The van der Waals surface area contributed by atoms with Crippen molar-refractivity contribution >= 4 is 38.3 Å². The second-order valence-corrected chi connectivity index (χ2v) is 8.58. The topological polar surface area (TPSA) is 80.5 Å². The first-order chi connectivity index (χ1) is 12.5. The Morgan fingerprint density at radius 2 is 2.19 bits per heavy atom. The second kappa shape index (κ2) is 7.13. The maximum absolute atomic E-state index is 12.7. The molecule has 1 aliphatic heterocycles. The molecule has 1 saturated heterocycles. The Balaban J connectivity index is 1.51. The Bertz CT molecular complexity index is 798. The third-order valence-corrected chi connectivity index (χ3v) is 6.58. The molecule has 1 saturated carbocycles. The van der Waals surface area contributed by atoms with Crippen molar-refractivity contribution in [1.29, 1.82) is 0 Å². The third-order valence-electron chi connectivity index (χ3n) is 5.50. The number of benzene rings is 1. The Hall–Kier alpha value is -1.70. The normalized spacial score (nSPS) is 26.8. The summed E-state index contributed by atoms with van der Waals surface area (Å²) >= 11 is 1.66. The molecule has 2 aromatic rings. The zero-order valence-electron chi connectivity index (χ0n) is 15.2. The number of hydrogen-bond donors (Lipinski definition) is 2. The van der Waals surface area contributed by atoms with Gasteiger partial charge in [0.25, 0.3) is 0 Å². The molecule has 26 heavy (non-hydrogen) atoms. The minimum atomic E-state index is -0.416. The molecule has 140 valence electrons. The largest absolute Gasteiger partial charge is 0.378 e. The summed E-state index contributed by atoms with van der Waals surface area (Å²) in [5.74, 6) is -0.0933. The van der Waals surface area contributed by atoms with E-state index in [1.807, 2.05) is 25.1 Å². The highest BCUT2D eigenvalue weighted by Gasteiger charge is 2.37. The minimum absolute atomic E-state index is 0.0342. The average Bonchev–Trinajstić information content (AvgIpc) is 3.05. The number of anilines is 2. The van der Waals surface area contributed by atoms with Crippen molar-refractivity contribution in [1.82, 2.24) is 4.98 Å². The highest BCUT2D eigenvalue weighted by molar-refractivity contribution is 7.22. The molecule has 7 heteroatoms. The van der Waals surface area contributed by atoms with E-state index in [4.69, 9.17) is 15.5 Å². The summed E-state index contributed by atoms with van der Waals surface area (Å²) < 4.78 is 6.50. The average molecular weight is 375 g/mol. The number of aromatic nitrogens is 1. The van der Waals surface area contributed by atoms with Gasteiger partial charge in [0.2, 0.25) is 5.91 Å². The molecular formula is C19H26N4O2S. The minimum Gasteiger partial charge on any atom is -0.378 e. The van der Waals surface area contributed by atoms with Crippen LogP contribution < -0.4 is 16.0 Å². The lowest BCUT2D eigenvalue weighted by molar-refractivity contribution is -0.122. The fourth-order valence-corrected chi connectivity index (χ4v) is 4.95. The number of hydrogen-bond acceptors (Lipinski definition) is 6. The van der Waals surface area contributed by atoms with Gasteiger partial charge >= 0.3 is 0 Å². The summed E-state index contributed by atoms with van der Waals surface area (Å²) in [5, 5.41) is 4.10. The van der Waals surface area contributed by atoms with Crippen molar-refractivity contribution in [3.05, 3.63) is 18.2 Å². The third kappa shape index (κ3) is 3.56. The van der Waals surface area contributed by atoms with Gasteiger partial charge in [-0.2, -0.15) is 0 Å². The van der Waals surface area contributed by atoms with Crippen LogP contribution in [0.5, 0.6) is 0 Å². The maximum atomic E-state index is 12.7. The molecular weight excluding hydrogens is 348 g/mol. The Morgan fingerprint density at radius 1 is 1.38 bits per heavy atom. The lowest BCUT2D eigenvalue weighted by atomic mass is 9.74. The molecule has 2 heterocycles. The van der Waals surface area contributed by atoms with E-state index in [0.29, 0.717) is 0 Å². The maximum Gasteiger partial charge on any atom is 0.229 e. The summed E-state index contributed by atoms with van der Waals surface area (Å²) in [7, 11) is 0. The summed E-state index contributed by atoms with van der Waals surface area (Å²) in [4.78, 5) is 19.7. The van der Waals surface area contributed by atoms with Crippen LogP contribution in [-0.2, 0) is 9.53 Å². The lowest BCUT2D eigenvalue weighted by Gasteiger charge is -2.37. The van der Waals surface area contributed by atoms with Crippen LogP contribution >= 0.6 is 11.3 Å². The molecule has 0 spiro atoms. The van der Waals surface area contributed by atoms with Crippen LogP contribution in [0.15, 0.2) is 18.2 Å². The number of nitrogens with one attached hydrogen (secondary N) is 1. The fourth-order valence-electron chi connectivity index (χ4n) is 3.90. The summed E-state index contributed by atoms with van der Waals surface area (Å²) in [6, 6.07) is 5.93. The smallest absolute Gasteiger partial charge is 0.229 e. The predicted octanol–water partition coefficient (Wildman–Crippen LogP) is 2.98. The van der Waals surface area contributed by atoms with Crippen molar-refractivity contribution in [3.63, 3.8) is 0 Å².